The van der Waals surface area contributed by atoms with Crippen LogP contribution in [0.2, 0.25) is 0 Å². The average molecular weight is 848 g/mol. The first kappa shape index (κ1) is 40.5. The third-order valence-corrected chi connectivity index (χ3v) is 13.5. The van der Waals surface area contributed by atoms with E-state index in [1.165, 1.54) is 61.1 Å². The first-order chi connectivity index (χ1) is 32.6. The standard InChI is InChI=1S/C63H49N3/c1-3-21-59-43(2)50-38-36-46(42-60(50)66(59)49-29-14-7-15-30-49)51-39-40-54(53-32-17-16-31-52(51)53)58(65-62(64)45-22-8-4-9-23-45)41-37-44-24-20-35-57-61(44)55-33-18-19-34-56(55)63(57,47-25-10-5-11-26-47)48-27-12-6-13-28-48/h3-36,38-42H,37H2,1-2H3,(H2,64,65)/b21-3-,58-41-. The van der Waals surface area contributed by atoms with Crippen LogP contribution in [0.25, 0.3) is 61.4 Å². The summed E-state index contributed by atoms with van der Waals surface area (Å²) in [4.78, 5) is 5.31. The maximum atomic E-state index is 6.94. The lowest BCUT2D eigenvalue weighted by atomic mass is 9.67. The van der Waals surface area contributed by atoms with Crippen LogP contribution in [-0.2, 0) is 11.8 Å². The summed E-state index contributed by atoms with van der Waals surface area (Å²) in [5.74, 6) is 0.477. The number of aryl methyl sites for hydroxylation is 1. The molecule has 1 aliphatic carbocycles. The number of hydrogen-bond donors (Lipinski definition) is 1. The van der Waals surface area contributed by atoms with Gasteiger partial charge < -0.3 is 10.3 Å². The number of para-hydroxylation sites is 1. The highest BCUT2D eigenvalue weighted by Crippen LogP contribution is 2.57. The summed E-state index contributed by atoms with van der Waals surface area (Å²) in [6, 6.07) is 78.6. The molecule has 66 heavy (non-hydrogen) atoms. The maximum Gasteiger partial charge on any atom is 0.131 e. The lowest BCUT2D eigenvalue weighted by Crippen LogP contribution is -2.28. The number of allylic oxidation sites excluding steroid dienone is 2. The van der Waals surface area contributed by atoms with E-state index in [-0.39, 0.29) is 0 Å². The van der Waals surface area contributed by atoms with Crippen LogP contribution in [0.5, 0.6) is 0 Å². The van der Waals surface area contributed by atoms with Crippen molar-refractivity contribution in [2.24, 2.45) is 10.7 Å². The highest BCUT2D eigenvalue weighted by atomic mass is 15.0. The van der Waals surface area contributed by atoms with Crippen LogP contribution in [0.1, 0.15) is 57.1 Å². The zero-order valence-electron chi connectivity index (χ0n) is 37.2. The molecule has 0 atom stereocenters. The van der Waals surface area contributed by atoms with Crippen LogP contribution in [0, 0.1) is 6.92 Å². The SMILES string of the molecule is C/C=C\c1c(C)c2ccc(-c3ccc(C(=C/Cc4cccc5c4-c4ccccc4C5(c4ccccc4)c4ccccc4)/N=C(\N)c4ccccc4)c4ccccc34)cc2n1-c1ccccc1. The molecule has 0 radical (unpaired) electrons. The van der Waals surface area contributed by atoms with Crippen molar-refractivity contribution in [2.75, 3.05) is 0 Å². The van der Waals surface area contributed by atoms with Gasteiger partial charge in [-0.1, -0.05) is 212 Å². The molecule has 1 heterocycles. The van der Waals surface area contributed by atoms with E-state index in [1.54, 1.807) is 0 Å². The van der Waals surface area contributed by atoms with Gasteiger partial charge in [0.2, 0.25) is 0 Å². The molecule has 0 aliphatic heterocycles. The van der Waals surface area contributed by atoms with Gasteiger partial charge in [0.05, 0.1) is 16.6 Å². The Hall–Kier alpha value is -8.27. The van der Waals surface area contributed by atoms with Crippen molar-refractivity contribution >= 4 is 39.3 Å². The molecule has 1 aliphatic rings. The van der Waals surface area contributed by atoms with E-state index < -0.39 is 5.41 Å². The van der Waals surface area contributed by atoms with Crippen LogP contribution < -0.4 is 5.73 Å². The lowest BCUT2D eigenvalue weighted by Gasteiger charge is -2.33. The van der Waals surface area contributed by atoms with Gasteiger partial charge >= 0.3 is 0 Å². The van der Waals surface area contributed by atoms with E-state index >= 15 is 0 Å². The van der Waals surface area contributed by atoms with E-state index in [9.17, 15) is 0 Å². The summed E-state index contributed by atoms with van der Waals surface area (Å²) in [7, 11) is 0. The summed E-state index contributed by atoms with van der Waals surface area (Å²) in [5.41, 5.74) is 25.2. The smallest absolute Gasteiger partial charge is 0.131 e. The van der Waals surface area contributed by atoms with Crippen molar-refractivity contribution < 1.29 is 0 Å². The molecule has 11 rings (SSSR count). The van der Waals surface area contributed by atoms with E-state index in [0.29, 0.717) is 12.3 Å². The van der Waals surface area contributed by atoms with Gasteiger partial charge in [0.25, 0.3) is 0 Å². The molecular weight excluding hydrogens is 799 g/mol. The van der Waals surface area contributed by atoms with Gasteiger partial charge in [-0.15, -0.1) is 0 Å². The summed E-state index contributed by atoms with van der Waals surface area (Å²) >= 11 is 0. The molecule has 3 heteroatoms. The number of aromatic nitrogens is 1. The normalized spacial score (nSPS) is 13.4. The third kappa shape index (κ3) is 6.71. The number of benzene rings is 9. The van der Waals surface area contributed by atoms with E-state index in [4.69, 9.17) is 10.7 Å². The molecule has 1 aromatic heterocycles. The Kier molecular flexibility index (Phi) is 10.4. The second-order valence-electron chi connectivity index (χ2n) is 17.1. The molecule has 2 N–H and O–H groups in total. The average Bonchev–Trinajstić information content (AvgIpc) is 3.84. The van der Waals surface area contributed by atoms with Crippen molar-refractivity contribution in [1.29, 1.82) is 0 Å². The van der Waals surface area contributed by atoms with Gasteiger partial charge in [-0.25, -0.2) is 4.99 Å². The predicted octanol–water partition coefficient (Wildman–Crippen LogP) is 15.1. The highest BCUT2D eigenvalue weighted by Gasteiger charge is 2.46. The first-order valence-electron chi connectivity index (χ1n) is 22.8. The summed E-state index contributed by atoms with van der Waals surface area (Å²) in [6.07, 6.45) is 7.27. The first-order valence-corrected chi connectivity index (χ1v) is 22.8. The number of nitrogens with zero attached hydrogens (tertiary/aromatic N) is 2. The van der Waals surface area contributed by atoms with Gasteiger partial charge in [-0.3, -0.25) is 0 Å². The number of amidine groups is 1. The van der Waals surface area contributed by atoms with Gasteiger partial charge in [0.1, 0.15) is 5.84 Å². The van der Waals surface area contributed by atoms with Crippen LogP contribution in [0.4, 0.5) is 0 Å². The number of rotatable bonds is 10. The molecule has 10 aromatic rings. The van der Waals surface area contributed by atoms with Crippen molar-refractivity contribution in [1.82, 2.24) is 4.57 Å². The van der Waals surface area contributed by atoms with Crippen molar-refractivity contribution in [3.05, 3.63) is 281 Å². The molecular formula is C63H49N3. The zero-order chi connectivity index (χ0) is 44.6. The number of nitrogens with two attached hydrogens (primary N) is 1. The van der Waals surface area contributed by atoms with Crippen molar-refractivity contribution in [2.45, 2.75) is 25.7 Å². The van der Waals surface area contributed by atoms with Crippen molar-refractivity contribution in [3.8, 4) is 27.9 Å². The Morgan fingerprint density at radius 2 is 1.20 bits per heavy atom. The third-order valence-electron chi connectivity index (χ3n) is 13.5. The van der Waals surface area contributed by atoms with E-state index in [1.807, 2.05) is 30.3 Å². The maximum absolute atomic E-state index is 6.94. The number of aliphatic imine (C=N–C) groups is 1. The molecule has 0 saturated heterocycles. The Balaban J connectivity index is 1.08. The minimum absolute atomic E-state index is 0.475. The van der Waals surface area contributed by atoms with Crippen LogP contribution in [0.3, 0.4) is 0 Å². The molecule has 0 spiro atoms. The second kappa shape index (κ2) is 17.0. The van der Waals surface area contributed by atoms with Crippen molar-refractivity contribution in [3.63, 3.8) is 0 Å². The second-order valence-corrected chi connectivity index (χ2v) is 17.1. The topological polar surface area (TPSA) is 43.3 Å². The zero-order valence-corrected chi connectivity index (χ0v) is 37.2. The summed E-state index contributed by atoms with van der Waals surface area (Å²) in [6.45, 7) is 4.31. The fraction of sp³-hybridized carbons (Fsp3) is 0.0635. The fourth-order valence-electron chi connectivity index (χ4n) is 10.6. The monoisotopic (exact) mass is 847 g/mol. The molecule has 0 bridgehead atoms. The molecule has 9 aromatic carbocycles. The quantitative estimate of drug-likeness (QED) is 0.108. The highest BCUT2D eigenvalue weighted by molar-refractivity contribution is 6.07. The van der Waals surface area contributed by atoms with Crippen LogP contribution in [0.15, 0.2) is 236 Å². The molecule has 3 nitrogen and oxygen atoms in total. The fourth-order valence-corrected chi connectivity index (χ4v) is 10.6. The van der Waals surface area contributed by atoms with Crippen LogP contribution >= 0.6 is 0 Å². The lowest BCUT2D eigenvalue weighted by molar-refractivity contribution is 0.768. The Bertz CT molecular complexity index is 3460. The van der Waals surface area contributed by atoms with Gasteiger partial charge in [-0.05, 0) is 111 Å². The van der Waals surface area contributed by atoms with E-state index in [0.717, 1.165) is 44.4 Å². The van der Waals surface area contributed by atoms with Gasteiger partial charge in [0.15, 0.2) is 0 Å². The Morgan fingerprint density at radius 1 is 0.576 bits per heavy atom. The molecule has 0 amide bonds. The number of hydrogen-bond acceptors (Lipinski definition) is 1. The molecule has 0 unspecified atom stereocenters. The minimum Gasteiger partial charge on any atom is -0.383 e. The summed E-state index contributed by atoms with van der Waals surface area (Å²) < 4.78 is 2.38. The minimum atomic E-state index is -0.475. The number of fused-ring (bicyclic) bond motifs is 5. The molecule has 0 fully saturated rings. The molecule has 316 valence electrons. The van der Waals surface area contributed by atoms with E-state index in [2.05, 4.69) is 225 Å². The van der Waals surface area contributed by atoms with Gasteiger partial charge in [0, 0.05) is 27.9 Å². The largest absolute Gasteiger partial charge is 0.383 e. The molecule has 0 saturated carbocycles. The Labute approximate surface area is 387 Å². The summed E-state index contributed by atoms with van der Waals surface area (Å²) in [5, 5.41) is 3.51. The predicted molar refractivity (Wildman–Crippen MR) is 278 cm³/mol. The van der Waals surface area contributed by atoms with Gasteiger partial charge in [-0.2, -0.15) is 0 Å². The Morgan fingerprint density at radius 3 is 1.91 bits per heavy atom. The van der Waals surface area contributed by atoms with Crippen LogP contribution in [-0.4, -0.2) is 10.4 Å².